The first kappa shape index (κ1) is 26.1. The van der Waals surface area contributed by atoms with Crippen LogP contribution in [0.15, 0.2) is 54.9 Å². The predicted molar refractivity (Wildman–Crippen MR) is 156 cm³/mol. The quantitative estimate of drug-likeness (QED) is 0.292. The summed E-state index contributed by atoms with van der Waals surface area (Å²) in [5, 5.41) is 11.9. The Morgan fingerprint density at radius 2 is 1.93 bits per heavy atom. The first-order valence-corrected chi connectivity index (χ1v) is 13.8. The third-order valence-electron chi connectivity index (χ3n) is 7.75. The minimum atomic E-state index is -0.526. The van der Waals surface area contributed by atoms with Gasteiger partial charge in [-0.1, -0.05) is 35.9 Å². The Balaban J connectivity index is 1.41. The Kier molecular flexibility index (Phi) is 6.23. The van der Waals surface area contributed by atoms with Gasteiger partial charge in [0.05, 0.1) is 5.52 Å². The molecule has 40 heavy (non-hydrogen) atoms. The molecule has 2 aromatic heterocycles. The van der Waals surface area contributed by atoms with Crippen LogP contribution in [0.4, 0.5) is 10.6 Å². The molecule has 0 unspecified atom stereocenters. The molecule has 0 bridgehead atoms. The second-order valence-corrected chi connectivity index (χ2v) is 12.2. The van der Waals surface area contributed by atoms with Crippen LogP contribution in [-0.2, 0) is 4.74 Å². The molecule has 1 spiro atoms. The van der Waals surface area contributed by atoms with Gasteiger partial charge in [0.2, 0.25) is 0 Å². The number of fused-ring (bicyclic) bond motifs is 1. The van der Waals surface area contributed by atoms with Gasteiger partial charge in [-0.25, -0.2) is 14.8 Å². The molecule has 6 rings (SSSR count). The number of benzene rings is 2. The summed E-state index contributed by atoms with van der Waals surface area (Å²) in [7, 11) is 0. The summed E-state index contributed by atoms with van der Waals surface area (Å²) in [6.07, 6.45) is 4.33. The maximum Gasteiger partial charge on any atom is 0.410 e. The molecule has 8 nitrogen and oxygen atoms in total. The van der Waals surface area contributed by atoms with Crippen LogP contribution in [0.25, 0.3) is 27.7 Å². The number of amides is 1. The van der Waals surface area contributed by atoms with Gasteiger partial charge in [-0.3, -0.25) is 0 Å². The Hall–Kier alpha value is -4.09. The second kappa shape index (κ2) is 9.53. The van der Waals surface area contributed by atoms with Crippen molar-refractivity contribution in [3.05, 3.63) is 71.3 Å². The van der Waals surface area contributed by atoms with Crippen molar-refractivity contribution < 1.29 is 9.53 Å². The highest BCUT2D eigenvalue weighted by atomic mass is 35.5. The molecule has 0 aliphatic carbocycles. The van der Waals surface area contributed by atoms with E-state index >= 15 is 0 Å². The van der Waals surface area contributed by atoms with E-state index in [1.54, 1.807) is 11.1 Å². The van der Waals surface area contributed by atoms with Crippen molar-refractivity contribution in [3.8, 4) is 22.9 Å². The lowest BCUT2D eigenvalue weighted by atomic mass is 9.79. The fourth-order valence-electron chi connectivity index (χ4n) is 5.91. The molecule has 0 N–H and O–H groups in total. The summed E-state index contributed by atoms with van der Waals surface area (Å²) >= 11 is 6.70. The Morgan fingerprint density at radius 3 is 2.60 bits per heavy atom. The molecule has 1 amide bonds. The number of hydrogen-bond acceptors (Lipinski definition) is 6. The number of rotatable bonds is 3. The largest absolute Gasteiger partial charge is 0.444 e. The van der Waals surface area contributed by atoms with Crippen molar-refractivity contribution in [1.82, 2.24) is 19.4 Å². The number of pyridine rings is 1. The smallest absolute Gasteiger partial charge is 0.410 e. The van der Waals surface area contributed by atoms with Crippen molar-refractivity contribution in [2.45, 2.75) is 39.7 Å². The fourth-order valence-corrected chi connectivity index (χ4v) is 6.14. The monoisotopic (exact) mass is 554 g/mol. The maximum atomic E-state index is 12.6. The number of ether oxygens (including phenoxy) is 1. The maximum absolute atomic E-state index is 12.6. The van der Waals surface area contributed by atoms with E-state index in [9.17, 15) is 10.1 Å². The van der Waals surface area contributed by atoms with E-state index in [1.807, 2.05) is 80.9 Å². The van der Waals surface area contributed by atoms with Gasteiger partial charge in [0.1, 0.15) is 28.9 Å². The molecule has 9 heteroatoms. The molecule has 204 valence electrons. The molecule has 2 aliphatic rings. The summed E-state index contributed by atoms with van der Waals surface area (Å²) in [5.41, 5.74) is 3.25. The fraction of sp³-hybridized carbons (Fsp3) is 0.355. The Morgan fingerprint density at radius 1 is 1.15 bits per heavy atom. The Labute approximate surface area is 238 Å². The summed E-state index contributed by atoms with van der Waals surface area (Å²) < 4.78 is 7.58. The van der Waals surface area contributed by atoms with Crippen LogP contribution in [0, 0.1) is 23.7 Å². The van der Waals surface area contributed by atoms with Crippen LogP contribution >= 0.6 is 11.6 Å². The van der Waals surface area contributed by atoms with Gasteiger partial charge in [-0.15, -0.1) is 0 Å². The number of nitriles is 1. The van der Waals surface area contributed by atoms with Crippen molar-refractivity contribution in [1.29, 1.82) is 5.26 Å². The zero-order valence-corrected chi connectivity index (χ0v) is 23.9. The van der Waals surface area contributed by atoms with E-state index < -0.39 is 5.60 Å². The van der Waals surface area contributed by atoms with Crippen LogP contribution in [0.3, 0.4) is 0 Å². The molecule has 0 atom stereocenters. The van der Waals surface area contributed by atoms with E-state index in [0.29, 0.717) is 36.0 Å². The van der Waals surface area contributed by atoms with Gasteiger partial charge >= 0.3 is 6.09 Å². The number of nitrogens with zero attached hydrogens (tertiary/aromatic N) is 6. The molecule has 2 fully saturated rings. The number of hydrogen-bond donors (Lipinski definition) is 0. The first-order chi connectivity index (χ1) is 19.1. The summed E-state index contributed by atoms with van der Waals surface area (Å²) in [4.78, 5) is 26.0. The van der Waals surface area contributed by atoms with Crippen molar-refractivity contribution in [2.24, 2.45) is 5.41 Å². The van der Waals surface area contributed by atoms with Gasteiger partial charge < -0.3 is 19.1 Å². The van der Waals surface area contributed by atoms with Gasteiger partial charge in [0, 0.05) is 71.2 Å². The Bertz CT molecular complexity index is 1680. The first-order valence-electron chi connectivity index (χ1n) is 13.4. The SMILES string of the molecule is Cc1nccn1-c1ccc2c(-c3ccccc3Cl)c(C#N)c(N3CCC4(CN(C(=O)OC(C)(C)C)C4)C3)nc2c1. The van der Waals surface area contributed by atoms with Gasteiger partial charge in [0.15, 0.2) is 0 Å². The van der Waals surface area contributed by atoms with Gasteiger partial charge in [-0.05, 0) is 52.3 Å². The minimum Gasteiger partial charge on any atom is -0.444 e. The highest BCUT2D eigenvalue weighted by molar-refractivity contribution is 6.34. The van der Waals surface area contributed by atoms with E-state index in [4.69, 9.17) is 21.3 Å². The second-order valence-electron chi connectivity index (χ2n) is 11.8. The number of carbonyl (C=O) groups is 1. The zero-order valence-electron chi connectivity index (χ0n) is 23.1. The number of likely N-dealkylation sites (tertiary alicyclic amines) is 1. The number of anilines is 1. The average molecular weight is 555 g/mol. The van der Waals surface area contributed by atoms with Crippen molar-refractivity contribution in [3.63, 3.8) is 0 Å². The lowest BCUT2D eigenvalue weighted by Gasteiger charge is -2.47. The van der Waals surface area contributed by atoms with Crippen LogP contribution in [0.1, 0.15) is 38.6 Å². The number of halogens is 1. The average Bonchev–Trinajstić information content (AvgIpc) is 3.53. The number of carbonyl (C=O) groups excluding carboxylic acids is 1. The molecule has 4 aromatic rings. The molecule has 0 radical (unpaired) electrons. The lowest BCUT2D eigenvalue weighted by Crippen LogP contribution is -2.60. The minimum absolute atomic E-state index is 0.0411. The van der Waals surface area contributed by atoms with Crippen LogP contribution in [0.2, 0.25) is 5.02 Å². The van der Waals surface area contributed by atoms with Crippen LogP contribution in [0.5, 0.6) is 0 Å². The molecular formula is C31H31ClN6O2. The topological polar surface area (TPSA) is 87.3 Å². The number of aryl methyl sites for hydroxylation is 1. The third kappa shape index (κ3) is 4.54. The summed E-state index contributed by atoms with van der Waals surface area (Å²) in [5.74, 6) is 1.53. The normalized spacial score (nSPS) is 16.3. The predicted octanol–water partition coefficient (Wildman–Crippen LogP) is 6.37. The van der Waals surface area contributed by atoms with Gasteiger partial charge in [0.25, 0.3) is 0 Å². The highest BCUT2D eigenvalue weighted by Gasteiger charge is 2.51. The van der Waals surface area contributed by atoms with Gasteiger partial charge in [-0.2, -0.15) is 5.26 Å². The standard InChI is InChI=1S/C31H31ClN6O2/c1-20-34-12-14-38(20)21-9-10-23-26(15-21)35-28(24(16-33)27(23)22-7-5-6-8-25(22)32)36-13-11-31(17-36)18-37(19-31)29(39)40-30(2,3)4/h5-10,12,14-15H,11,13,17-19H2,1-4H3. The third-order valence-corrected chi connectivity index (χ3v) is 8.08. The molecule has 2 saturated heterocycles. The molecule has 4 heterocycles. The molecule has 2 aromatic carbocycles. The zero-order chi connectivity index (χ0) is 28.2. The number of aromatic nitrogens is 3. The lowest BCUT2D eigenvalue weighted by molar-refractivity contribution is -0.0266. The van der Waals surface area contributed by atoms with Crippen molar-refractivity contribution >= 4 is 34.4 Å². The van der Waals surface area contributed by atoms with Crippen molar-refractivity contribution in [2.75, 3.05) is 31.1 Å². The van der Waals surface area contributed by atoms with Crippen LogP contribution in [-0.4, -0.2) is 57.3 Å². The summed E-state index contributed by atoms with van der Waals surface area (Å²) in [6, 6.07) is 16.1. The summed E-state index contributed by atoms with van der Waals surface area (Å²) in [6.45, 7) is 10.3. The molecule has 2 aliphatic heterocycles. The highest BCUT2D eigenvalue weighted by Crippen LogP contribution is 2.45. The molecule has 0 saturated carbocycles. The van der Waals surface area contributed by atoms with E-state index in [0.717, 1.165) is 46.5 Å². The van der Waals surface area contributed by atoms with E-state index in [1.165, 1.54) is 0 Å². The van der Waals surface area contributed by atoms with Crippen LogP contribution < -0.4 is 4.90 Å². The number of imidazole rings is 1. The molecular weight excluding hydrogens is 524 g/mol. The van der Waals surface area contributed by atoms with E-state index in [-0.39, 0.29) is 11.5 Å². The van der Waals surface area contributed by atoms with E-state index in [2.05, 4.69) is 16.0 Å².